The van der Waals surface area contributed by atoms with Gasteiger partial charge in [0.25, 0.3) is 0 Å². The van der Waals surface area contributed by atoms with Crippen LogP contribution in [0, 0.1) is 0 Å². The van der Waals surface area contributed by atoms with Crippen LogP contribution in [0.2, 0.25) is 5.02 Å². The fraction of sp³-hybridized carbons (Fsp3) is 0.533. The summed E-state index contributed by atoms with van der Waals surface area (Å²) in [6.07, 6.45) is 0. The number of rotatable bonds is 6. The third-order valence-electron chi connectivity index (χ3n) is 3.44. The van der Waals surface area contributed by atoms with Crippen molar-refractivity contribution >= 4 is 17.6 Å². The summed E-state index contributed by atoms with van der Waals surface area (Å²) in [5, 5.41) is 7.18. The van der Waals surface area contributed by atoms with Crippen molar-refractivity contribution in [2.45, 2.75) is 19.9 Å². The minimum Gasteiger partial charge on any atom is -0.359 e. The number of guanidine groups is 1. The molecule has 0 bridgehead atoms. The van der Waals surface area contributed by atoms with Gasteiger partial charge in [0.05, 0.1) is 6.04 Å². The molecule has 0 aliphatic rings. The van der Waals surface area contributed by atoms with Crippen LogP contribution in [0.5, 0.6) is 0 Å². The van der Waals surface area contributed by atoms with Gasteiger partial charge in [-0.25, -0.2) is 0 Å². The van der Waals surface area contributed by atoms with E-state index < -0.39 is 0 Å². The third-order valence-corrected chi connectivity index (χ3v) is 3.78. The van der Waals surface area contributed by atoms with Crippen molar-refractivity contribution in [3.05, 3.63) is 34.9 Å². The van der Waals surface area contributed by atoms with Crippen molar-refractivity contribution in [1.29, 1.82) is 0 Å². The molecule has 0 saturated heterocycles. The topological polar surface area (TPSA) is 39.7 Å². The van der Waals surface area contributed by atoms with Crippen LogP contribution in [0.1, 0.15) is 25.5 Å². The lowest BCUT2D eigenvalue weighted by molar-refractivity contribution is 0.219. The summed E-state index contributed by atoms with van der Waals surface area (Å²) < 4.78 is 0. The molecule has 0 heterocycles. The highest BCUT2D eigenvalue weighted by Crippen LogP contribution is 2.26. The number of likely N-dealkylation sites (N-methyl/N-ethyl adjacent to an activating group) is 1. The molecular formula is C15H25ClN4. The van der Waals surface area contributed by atoms with E-state index in [1.165, 1.54) is 0 Å². The Morgan fingerprint density at radius 2 is 1.95 bits per heavy atom. The second-order valence-electron chi connectivity index (χ2n) is 4.46. The van der Waals surface area contributed by atoms with E-state index in [9.17, 15) is 0 Å². The predicted octanol–water partition coefficient (Wildman–Crippen LogP) is 2.52. The van der Waals surface area contributed by atoms with Crippen LogP contribution in [0.15, 0.2) is 29.3 Å². The summed E-state index contributed by atoms with van der Waals surface area (Å²) in [5.74, 6) is 0.786. The lowest BCUT2D eigenvalue weighted by Gasteiger charge is -2.31. The number of nitrogens with zero attached hydrogens (tertiary/aromatic N) is 2. The third kappa shape index (κ3) is 4.39. The number of hydrogen-bond donors (Lipinski definition) is 2. The Balaban J connectivity index is 2.94. The van der Waals surface area contributed by atoms with Gasteiger partial charge in [0.15, 0.2) is 5.96 Å². The molecule has 0 saturated carbocycles. The predicted molar refractivity (Wildman–Crippen MR) is 87.5 cm³/mol. The standard InChI is InChI=1S/C15H25ClN4/c1-5-20(6-2)14(11-19-15(17-3)18-4)12-9-7-8-10-13(12)16/h7-10,14H,5-6,11H2,1-4H3,(H2,17,18,19). The number of halogens is 1. The van der Waals surface area contributed by atoms with E-state index in [-0.39, 0.29) is 6.04 Å². The van der Waals surface area contributed by atoms with E-state index in [2.05, 4.69) is 40.4 Å². The molecular weight excluding hydrogens is 272 g/mol. The van der Waals surface area contributed by atoms with E-state index in [4.69, 9.17) is 11.6 Å². The van der Waals surface area contributed by atoms with Crippen molar-refractivity contribution in [2.24, 2.45) is 4.99 Å². The summed E-state index contributed by atoms with van der Waals surface area (Å²) in [6, 6.07) is 8.26. The normalized spacial score (nSPS) is 13.4. The summed E-state index contributed by atoms with van der Waals surface area (Å²) in [4.78, 5) is 6.53. The van der Waals surface area contributed by atoms with E-state index in [0.29, 0.717) is 0 Å². The van der Waals surface area contributed by atoms with Gasteiger partial charge in [0, 0.05) is 25.7 Å². The highest BCUT2D eigenvalue weighted by molar-refractivity contribution is 6.31. The molecule has 5 heteroatoms. The molecule has 1 unspecified atom stereocenters. The van der Waals surface area contributed by atoms with Crippen molar-refractivity contribution in [3.8, 4) is 0 Å². The quantitative estimate of drug-likeness (QED) is 0.626. The maximum Gasteiger partial charge on any atom is 0.190 e. The van der Waals surface area contributed by atoms with Crippen LogP contribution in [0.25, 0.3) is 0 Å². The van der Waals surface area contributed by atoms with Gasteiger partial charge in [-0.1, -0.05) is 43.6 Å². The second-order valence-corrected chi connectivity index (χ2v) is 4.87. The monoisotopic (exact) mass is 296 g/mol. The Hall–Kier alpha value is -1.26. The van der Waals surface area contributed by atoms with Gasteiger partial charge in [-0.2, -0.15) is 0 Å². The summed E-state index contributed by atoms with van der Waals surface area (Å²) in [7, 11) is 3.62. The Labute approximate surface area is 127 Å². The first-order valence-corrected chi connectivity index (χ1v) is 7.42. The van der Waals surface area contributed by atoms with E-state index in [1.54, 1.807) is 7.05 Å². The Morgan fingerprint density at radius 1 is 1.30 bits per heavy atom. The van der Waals surface area contributed by atoms with Crippen molar-refractivity contribution in [2.75, 3.05) is 33.7 Å². The molecule has 0 radical (unpaired) electrons. The van der Waals surface area contributed by atoms with Crippen molar-refractivity contribution in [3.63, 3.8) is 0 Å². The first-order chi connectivity index (χ1) is 9.67. The SMILES string of the molecule is CCN(CC)C(CNC(=NC)NC)c1ccccc1Cl. The summed E-state index contributed by atoms with van der Waals surface area (Å²) in [5.41, 5.74) is 1.15. The largest absolute Gasteiger partial charge is 0.359 e. The maximum absolute atomic E-state index is 6.36. The van der Waals surface area contributed by atoms with Crippen LogP contribution in [-0.2, 0) is 0 Å². The molecule has 0 amide bonds. The average Bonchev–Trinajstić information content (AvgIpc) is 2.48. The van der Waals surface area contributed by atoms with Crippen LogP contribution in [-0.4, -0.2) is 44.6 Å². The van der Waals surface area contributed by atoms with E-state index in [1.807, 2.05) is 25.2 Å². The van der Waals surface area contributed by atoms with Crippen LogP contribution in [0.4, 0.5) is 0 Å². The van der Waals surface area contributed by atoms with Crippen LogP contribution < -0.4 is 10.6 Å². The zero-order valence-corrected chi connectivity index (χ0v) is 13.5. The molecule has 1 rings (SSSR count). The van der Waals surface area contributed by atoms with Gasteiger partial charge in [-0.15, -0.1) is 0 Å². The molecule has 0 aliphatic heterocycles. The first-order valence-electron chi connectivity index (χ1n) is 7.04. The second kappa shape index (κ2) is 8.82. The zero-order chi connectivity index (χ0) is 15.0. The Kier molecular flexibility index (Phi) is 7.41. The lowest BCUT2D eigenvalue weighted by atomic mass is 10.0. The molecule has 1 aromatic rings. The fourth-order valence-electron chi connectivity index (χ4n) is 2.32. The molecule has 0 aliphatic carbocycles. The van der Waals surface area contributed by atoms with E-state index >= 15 is 0 Å². The molecule has 0 aromatic heterocycles. The Morgan fingerprint density at radius 3 is 2.45 bits per heavy atom. The van der Waals surface area contributed by atoms with Gasteiger partial charge in [-0.05, 0) is 24.7 Å². The minimum absolute atomic E-state index is 0.226. The first kappa shape index (κ1) is 16.8. The molecule has 20 heavy (non-hydrogen) atoms. The highest BCUT2D eigenvalue weighted by atomic mass is 35.5. The summed E-state index contributed by atoms with van der Waals surface area (Å²) in [6.45, 7) is 7.05. The van der Waals surface area contributed by atoms with Crippen molar-refractivity contribution in [1.82, 2.24) is 15.5 Å². The molecule has 2 N–H and O–H groups in total. The summed E-state index contributed by atoms with van der Waals surface area (Å²) >= 11 is 6.36. The molecule has 112 valence electrons. The van der Waals surface area contributed by atoms with Crippen LogP contribution in [0.3, 0.4) is 0 Å². The smallest absolute Gasteiger partial charge is 0.190 e. The molecule has 1 aromatic carbocycles. The maximum atomic E-state index is 6.36. The zero-order valence-electron chi connectivity index (χ0n) is 12.8. The van der Waals surface area contributed by atoms with Crippen LogP contribution >= 0.6 is 11.6 Å². The highest BCUT2D eigenvalue weighted by Gasteiger charge is 2.20. The number of benzene rings is 1. The number of aliphatic imine (C=N–C) groups is 1. The average molecular weight is 297 g/mol. The lowest BCUT2D eigenvalue weighted by Crippen LogP contribution is -2.42. The van der Waals surface area contributed by atoms with Gasteiger partial charge < -0.3 is 10.6 Å². The number of hydrogen-bond acceptors (Lipinski definition) is 2. The number of nitrogens with one attached hydrogen (secondary N) is 2. The van der Waals surface area contributed by atoms with Gasteiger partial charge in [0.1, 0.15) is 0 Å². The molecule has 1 atom stereocenters. The fourth-order valence-corrected chi connectivity index (χ4v) is 2.58. The Bertz CT molecular complexity index is 430. The molecule has 4 nitrogen and oxygen atoms in total. The van der Waals surface area contributed by atoms with Gasteiger partial charge in [0.2, 0.25) is 0 Å². The molecule has 0 spiro atoms. The molecule has 0 fully saturated rings. The van der Waals surface area contributed by atoms with Crippen molar-refractivity contribution < 1.29 is 0 Å². The van der Waals surface area contributed by atoms with Gasteiger partial charge in [-0.3, -0.25) is 9.89 Å². The minimum atomic E-state index is 0.226. The van der Waals surface area contributed by atoms with Gasteiger partial charge >= 0.3 is 0 Å². The van der Waals surface area contributed by atoms with E-state index in [0.717, 1.165) is 36.2 Å².